The molecule has 2 heteroatoms. The van der Waals surface area contributed by atoms with E-state index in [0.29, 0.717) is 0 Å². The van der Waals surface area contributed by atoms with Crippen LogP contribution in [0.5, 0.6) is 0 Å². The molecule has 0 aliphatic rings. The molecular weight excluding hydrogens is 348 g/mol. The van der Waals surface area contributed by atoms with Gasteiger partial charge in [-0.1, -0.05) is 113 Å². The molecule has 0 aromatic rings. The van der Waals surface area contributed by atoms with Crippen molar-refractivity contribution < 1.29 is 4.74 Å². The van der Waals surface area contributed by atoms with E-state index in [1.54, 1.807) is 0 Å². The fourth-order valence-electron chi connectivity index (χ4n) is 1.96. The van der Waals surface area contributed by atoms with Gasteiger partial charge in [0.25, 0.3) is 0 Å². The fourth-order valence-corrected chi connectivity index (χ4v) is 2.74. The molecule has 27 heavy (non-hydrogen) atoms. The normalized spacial score (nSPS) is 9.33. The second kappa shape index (κ2) is 45.2. The summed E-state index contributed by atoms with van der Waals surface area (Å²) in [6, 6.07) is 0. The van der Waals surface area contributed by atoms with Gasteiger partial charge in [-0.05, 0) is 37.2 Å². The second-order valence-corrected chi connectivity index (χ2v) is 8.22. The molecule has 0 fully saturated rings. The van der Waals surface area contributed by atoms with Gasteiger partial charge in [0.2, 0.25) is 0 Å². The lowest BCUT2D eigenvalue weighted by molar-refractivity contribution is 0.135. The Bertz CT molecular complexity index is 134. The van der Waals surface area contributed by atoms with E-state index in [4.69, 9.17) is 4.74 Å². The largest absolute Gasteiger partial charge is 0.381 e. The standard InChI is InChI=1S/C7H16.C6H14O.C6H14S.C6H14/c3*1-3-5-7-6-4-2;1-3-5-6-4-2/h3-7H2,1-2H3;2*3-6H2,1-2H3;3-6H2,1-2H3. The SMILES string of the molecule is CCCCCC.CCCCCCC.CCCOCCC.CCCSCCC. The van der Waals surface area contributed by atoms with Crippen molar-refractivity contribution in [1.29, 1.82) is 0 Å². The predicted molar refractivity (Wildman–Crippen MR) is 134 cm³/mol. The van der Waals surface area contributed by atoms with Crippen molar-refractivity contribution in [1.82, 2.24) is 0 Å². The number of hydrogen-bond acceptors (Lipinski definition) is 2. The van der Waals surface area contributed by atoms with E-state index in [1.165, 1.54) is 82.1 Å². The van der Waals surface area contributed by atoms with Crippen LogP contribution >= 0.6 is 11.8 Å². The van der Waals surface area contributed by atoms with Crippen LogP contribution in [0.3, 0.4) is 0 Å². The highest BCUT2D eigenvalue weighted by Gasteiger charge is 1.81. The first kappa shape index (κ1) is 34.8. The molecule has 0 N–H and O–H groups in total. The molecular formula is C25H58OS. The minimum absolute atomic E-state index is 0.924. The molecule has 0 bridgehead atoms. The molecule has 0 atom stereocenters. The minimum Gasteiger partial charge on any atom is -0.381 e. The number of thioether (sulfide) groups is 1. The summed E-state index contributed by atoms with van der Waals surface area (Å²) >= 11 is 2.05. The fraction of sp³-hybridized carbons (Fsp3) is 1.00. The van der Waals surface area contributed by atoms with Crippen molar-refractivity contribution in [3.05, 3.63) is 0 Å². The summed E-state index contributed by atoms with van der Waals surface area (Å²) in [5, 5.41) is 0. The summed E-state index contributed by atoms with van der Waals surface area (Å²) in [5.74, 6) is 2.68. The minimum atomic E-state index is 0.924. The summed E-state index contributed by atoms with van der Waals surface area (Å²) in [7, 11) is 0. The van der Waals surface area contributed by atoms with Crippen LogP contribution in [0.1, 0.15) is 139 Å². The van der Waals surface area contributed by atoms with Gasteiger partial charge in [-0.15, -0.1) is 0 Å². The lowest BCUT2D eigenvalue weighted by atomic mass is 10.2. The van der Waals surface area contributed by atoms with Crippen molar-refractivity contribution >= 4 is 11.8 Å². The maximum atomic E-state index is 5.13. The molecule has 0 radical (unpaired) electrons. The van der Waals surface area contributed by atoms with Crippen molar-refractivity contribution in [2.45, 2.75) is 139 Å². The molecule has 0 aliphatic heterocycles. The number of unbranched alkanes of at least 4 members (excludes halogenated alkanes) is 7. The first-order valence-electron chi connectivity index (χ1n) is 12.3. The van der Waals surface area contributed by atoms with Gasteiger partial charge in [0.15, 0.2) is 0 Å². The molecule has 0 amide bonds. The summed E-state index contributed by atoms with van der Waals surface area (Å²) in [4.78, 5) is 0. The van der Waals surface area contributed by atoms with Gasteiger partial charge in [-0.3, -0.25) is 0 Å². The predicted octanol–water partition coefficient (Wildman–Crippen LogP) is 9.93. The molecule has 0 saturated carbocycles. The topological polar surface area (TPSA) is 9.23 Å². The molecule has 0 heterocycles. The number of rotatable bonds is 15. The van der Waals surface area contributed by atoms with Crippen molar-refractivity contribution in [3.8, 4) is 0 Å². The molecule has 0 spiro atoms. The van der Waals surface area contributed by atoms with Crippen LogP contribution in [0.25, 0.3) is 0 Å². The maximum Gasteiger partial charge on any atom is 0.0463 e. The van der Waals surface area contributed by atoms with E-state index in [2.05, 4.69) is 67.2 Å². The highest BCUT2D eigenvalue weighted by molar-refractivity contribution is 7.99. The van der Waals surface area contributed by atoms with Gasteiger partial charge < -0.3 is 4.74 Å². The molecule has 170 valence electrons. The van der Waals surface area contributed by atoms with Crippen molar-refractivity contribution in [2.24, 2.45) is 0 Å². The maximum absolute atomic E-state index is 5.13. The Morgan fingerprint density at radius 1 is 0.407 bits per heavy atom. The van der Waals surface area contributed by atoms with Crippen LogP contribution in [0.15, 0.2) is 0 Å². The van der Waals surface area contributed by atoms with Gasteiger partial charge in [-0.2, -0.15) is 11.8 Å². The average molecular weight is 407 g/mol. The lowest BCUT2D eigenvalue weighted by Gasteiger charge is -1.95. The zero-order valence-corrected chi connectivity index (χ0v) is 21.7. The van der Waals surface area contributed by atoms with Gasteiger partial charge >= 0.3 is 0 Å². The molecule has 0 rings (SSSR count). The van der Waals surface area contributed by atoms with Crippen LogP contribution in [-0.4, -0.2) is 24.7 Å². The Kier molecular flexibility index (Phi) is 58.2. The van der Waals surface area contributed by atoms with Gasteiger partial charge in [0, 0.05) is 13.2 Å². The smallest absolute Gasteiger partial charge is 0.0463 e. The van der Waals surface area contributed by atoms with Gasteiger partial charge in [-0.25, -0.2) is 0 Å². The highest BCUT2D eigenvalue weighted by Crippen LogP contribution is 2.02. The number of ether oxygens (including phenoxy) is 1. The quantitative estimate of drug-likeness (QED) is 0.250. The molecule has 0 aliphatic carbocycles. The third-order valence-corrected chi connectivity index (χ3v) is 4.95. The summed E-state index contributed by atoms with van der Waals surface area (Å²) in [6.07, 6.45) is 17.5. The monoisotopic (exact) mass is 406 g/mol. The average Bonchev–Trinajstić information content (AvgIpc) is 2.69. The van der Waals surface area contributed by atoms with E-state index in [-0.39, 0.29) is 0 Å². The first-order valence-corrected chi connectivity index (χ1v) is 13.5. The molecule has 0 unspecified atom stereocenters. The van der Waals surface area contributed by atoms with E-state index in [9.17, 15) is 0 Å². The molecule has 1 nitrogen and oxygen atoms in total. The van der Waals surface area contributed by atoms with E-state index >= 15 is 0 Å². The first-order chi connectivity index (χ1) is 13.2. The van der Waals surface area contributed by atoms with Crippen molar-refractivity contribution in [2.75, 3.05) is 24.7 Å². The Morgan fingerprint density at radius 2 is 0.741 bits per heavy atom. The van der Waals surface area contributed by atoms with Crippen LogP contribution in [-0.2, 0) is 4.74 Å². The van der Waals surface area contributed by atoms with E-state index < -0.39 is 0 Å². The zero-order chi connectivity index (χ0) is 21.4. The van der Waals surface area contributed by atoms with Gasteiger partial charge in [0.05, 0.1) is 0 Å². The summed E-state index contributed by atoms with van der Waals surface area (Å²) in [5.41, 5.74) is 0. The second-order valence-electron chi connectivity index (χ2n) is 6.99. The third-order valence-electron chi connectivity index (χ3n) is 3.56. The molecule has 0 saturated heterocycles. The molecule has 0 aromatic carbocycles. The molecule has 0 aromatic heterocycles. The van der Waals surface area contributed by atoms with Crippen LogP contribution in [0.2, 0.25) is 0 Å². The van der Waals surface area contributed by atoms with Crippen LogP contribution in [0, 0.1) is 0 Å². The Morgan fingerprint density at radius 3 is 1.00 bits per heavy atom. The third kappa shape index (κ3) is 66.3. The Balaban J connectivity index is -0.000000131. The number of hydrogen-bond donors (Lipinski definition) is 0. The van der Waals surface area contributed by atoms with Crippen LogP contribution < -0.4 is 0 Å². The van der Waals surface area contributed by atoms with Crippen molar-refractivity contribution in [3.63, 3.8) is 0 Å². The summed E-state index contributed by atoms with van der Waals surface area (Å²) < 4.78 is 5.13. The van der Waals surface area contributed by atoms with Crippen LogP contribution in [0.4, 0.5) is 0 Å². The Hall–Kier alpha value is 0.310. The lowest BCUT2D eigenvalue weighted by Crippen LogP contribution is -1.92. The van der Waals surface area contributed by atoms with Gasteiger partial charge in [0.1, 0.15) is 0 Å². The van der Waals surface area contributed by atoms with E-state index in [0.717, 1.165) is 26.1 Å². The summed E-state index contributed by atoms with van der Waals surface area (Å²) in [6.45, 7) is 19.5. The highest BCUT2D eigenvalue weighted by atomic mass is 32.2. The Labute approximate surface area is 180 Å². The van der Waals surface area contributed by atoms with E-state index in [1.807, 2.05) is 0 Å². The zero-order valence-electron chi connectivity index (χ0n) is 20.8.